The van der Waals surface area contributed by atoms with E-state index in [1.165, 1.54) is 36.5 Å². The standard InChI is InChI=1S/C20H20ClN3O5/c21-15-8-9-17(25)23(13-15)18(20(27)22-10-3-1-2-4-11-22)19(26)14-6-5-7-16(12-14)24(28)29/h5-9,12-13,18H,1-4,10-11H2/t18-/m0/s1. The van der Waals surface area contributed by atoms with E-state index in [-0.39, 0.29) is 16.3 Å². The summed E-state index contributed by atoms with van der Waals surface area (Å²) in [4.78, 5) is 51.1. The fraction of sp³-hybridized carbons (Fsp3) is 0.350. The van der Waals surface area contributed by atoms with Crippen LogP contribution in [0.25, 0.3) is 0 Å². The number of aromatic nitrogens is 1. The number of rotatable bonds is 5. The van der Waals surface area contributed by atoms with Crippen molar-refractivity contribution in [1.29, 1.82) is 0 Å². The Bertz CT molecular complexity index is 996. The van der Waals surface area contributed by atoms with Crippen molar-refractivity contribution in [2.24, 2.45) is 0 Å². The Labute approximate surface area is 171 Å². The van der Waals surface area contributed by atoms with Crippen molar-refractivity contribution >= 4 is 29.0 Å². The number of hydrogen-bond donors (Lipinski definition) is 0. The van der Waals surface area contributed by atoms with Gasteiger partial charge in [0.2, 0.25) is 0 Å². The molecule has 9 heteroatoms. The van der Waals surface area contributed by atoms with Gasteiger partial charge in [0.1, 0.15) is 0 Å². The summed E-state index contributed by atoms with van der Waals surface area (Å²) in [6.45, 7) is 0.986. The average molecular weight is 418 g/mol. The molecule has 1 aromatic heterocycles. The van der Waals surface area contributed by atoms with Gasteiger partial charge in [0.15, 0.2) is 11.8 Å². The summed E-state index contributed by atoms with van der Waals surface area (Å²) in [5.41, 5.74) is -0.837. The molecule has 1 saturated heterocycles. The molecule has 1 atom stereocenters. The minimum absolute atomic E-state index is 0.0146. The molecule has 1 fully saturated rings. The van der Waals surface area contributed by atoms with Crippen LogP contribution in [0, 0.1) is 10.1 Å². The van der Waals surface area contributed by atoms with Crippen molar-refractivity contribution in [3.63, 3.8) is 0 Å². The largest absolute Gasteiger partial charge is 0.340 e. The van der Waals surface area contributed by atoms with Crippen molar-refractivity contribution in [2.75, 3.05) is 13.1 Å². The maximum atomic E-state index is 13.3. The van der Waals surface area contributed by atoms with Crippen molar-refractivity contribution in [3.05, 3.63) is 73.6 Å². The number of likely N-dealkylation sites (tertiary alicyclic amines) is 1. The van der Waals surface area contributed by atoms with Crippen molar-refractivity contribution in [2.45, 2.75) is 31.7 Å². The first-order valence-electron chi connectivity index (χ1n) is 9.33. The molecule has 1 amide bonds. The number of nitro groups is 1. The molecule has 0 N–H and O–H groups in total. The minimum Gasteiger partial charge on any atom is -0.340 e. The summed E-state index contributed by atoms with van der Waals surface area (Å²) >= 11 is 6.01. The zero-order chi connectivity index (χ0) is 21.0. The lowest BCUT2D eigenvalue weighted by atomic mass is 10.0. The van der Waals surface area contributed by atoms with E-state index in [9.17, 15) is 24.5 Å². The van der Waals surface area contributed by atoms with Crippen LogP contribution < -0.4 is 5.56 Å². The number of carbonyl (C=O) groups is 2. The monoisotopic (exact) mass is 417 g/mol. The molecule has 3 rings (SSSR count). The highest BCUT2D eigenvalue weighted by Crippen LogP contribution is 2.23. The normalized spacial score (nSPS) is 15.4. The summed E-state index contributed by atoms with van der Waals surface area (Å²) in [5, 5.41) is 11.3. The van der Waals surface area contributed by atoms with Crippen LogP contribution in [0.15, 0.2) is 47.4 Å². The molecule has 152 valence electrons. The fourth-order valence-corrected chi connectivity index (χ4v) is 3.60. The molecular weight excluding hydrogens is 398 g/mol. The second-order valence-corrected chi connectivity index (χ2v) is 7.34. The van der Waals surface area contributed by atoms with Crippen LogP contribution in [0.2, 0.25) is 5.02 Å². The van der Waals surface area contributed by atoms with Crippen LogP contribution in [0.4, 0.5) is 5.69 Å². The Kier molecular flexibility index (Phi) is 6.43. The third kappa shape index (κ3) is 4.71. The van der Waals surface area contributed by atoms with E-state index in [0.717, 1.165) is 36.3 Å². The Morgan fingerprint density at radius 2 is 1.76 bits per heavy atom. The first-order chi connectivity index (χ1) is 13.9. The van der Waals surface area contributed by atoms with Gasteiger partial charge >= 0.3 is 0 Å². The zero-order valence-corrected chi connectivity index (χ0v) is 16.4. The molecule has 0 unspecified atom stereocenters. The fourth-order valence-electron chi connectivity index (χ4n) is 3.43. The molecule has 8 nitrogen and oxygen atoms in total. The molecular formula is C20H20ClN3O5. The van der Waals surface area contributed by atoms with Crippen LogP contribution in [-0.4, -0.2) is 39.2 Å². The van der Waals surface area contributed by atoms with Crippen molar-refractivity contribution < 1.29 is 14.5 Å². The number of amides is 1. The van der Waals surface area contributed by atoms with E-state index in [1.807, 2.05) is 0 Å². The number of nitro benzene ring substituents is 1. The predicted octanol–water partition coefficient (Wildman–Crippen LogP) is 3.24. The van der Waals surface area contributed by atoms with Gasteiger partial charge in [-0.25, -0.2) is 0 Å². The lowest BCUT2D eigenvalue weighted by Crippen LogP contribution is -2.44. The van der Waals surface area contributed by atoms with E-state index < -0.39 is 28.2 Å². The summed E-state index contributed by atoms with van der Waals surface area (Å²) in [6, 6.07) is 6.24. The van der Waals surface area contributed by atoms with Gasteiger partial charge in [-0.05, 0) is 18.9 Å². The molecule has 1 aromatic carbocycles. The Hall–Kier alpha value is -3.00. The van der Waals surface area contributed by atoms with E-state index in [0.29, 0.717) is 13.1 Å². The number of halogens is 1. The molecule has 0 saturated carbocycles. The van der Waals surface area contributed by atoms with Crippen LogP contribution in [0.3, 0.4) is 0 Å². The summed E-state index contributed by atoms with van der Waals surface area (Å²) in [7, 11) is 0. The summed E-state index contributed by atoms with van der Waals surface area (Å²) in [6.07, 6.45) is 4.86. The Morgan fingerprint density at radius 1 is 1.07 bits per heavy atom. The zero-order valence-electron chi connectivity index (χ0n) is 15.6. The molecule has 1 aliphatic heterocycles. The Balaban J connectivity index is 2.07. The molecule has 0 bridgehead atoms. The van der Waals surface area contributed by atoms with Gasteiger partial charge in [0, 0.05) is 43.0 Å². The van der Waals surface area contributed by atoms with Crippen LogP contribution in [0.5, 0.6) is 0 Å². The van der Waals surface area contributed by atoms with Gasteiger partial charge in [-0.15, -0.1) is 0 Å². The van der Waals surface area contributed by atoms with Crippen LogP contribution in [0.1, 0.15) is 42.1 Å². The first-order valence-corrected chi connectivity index (χ1v) is 9.71. The van der Waals surface area contributed by atoms with Gasteiger partial charge in [-0.2, -0.15) is 0 Å². The molecule has 0 spiro atoms. The minimum atomic E-state index is -1.47. The highest BCUT2D eigenvalue weighted by Gasteiger charge is 2.34. The second kappa shape index (κ2) is 9.00. The van der Waals surface area contributed by atoms with E-state index in [4.69, 9.17) is 11.6 Å². The highest BCUT2D eigenvalue weighted by molar-refractivity contribution is 6.30. The van der Waals surface area contributed by atoms with Crippen molar-refractivity contribution in [1.82, 2.24) is 9.47 Å². The first kappa shape index (κ1) is 20.7. The third-order valence-corrected chi connectivity index (χ3v) is 5.15. The average Bonchev–Trinajstić information content (AvgIpc) is 3.00. The van der Waals surface area contributed by atoms with E-state index in [2.05, 4.69) is 0 Å². The number of non-ortho nitro benzene ring substituents is 1. The van der Waals surface area contributed by atoms with Gasteiger partial charge in [0.05, 0.1) is 9.95 Å². The molecule has 2 heterocycles. The lowest BCUT2D eigenvalue weighted by molar-refractivity contribution is -0.384. The van der Waals surface area contributed by atoms with Gasteiger partial charge in [-0.1, -0.05) is 36.6 Å². The molecule has 2 aromatic rings. The molecule has 29 heavy (non-hydrogen) atoms. The SMILES string of the molecule is O=C(c1cccc([N+](=O)[O-])c1)[C@@H](C(=O)N1CCCCCC1)n1cc(Cl)ccc1=O. The quantitative estimate of drug-likeness (QED) is 0.321. The highest BCUT2D eigenvalue weighted by atomic mass is 35.5. The number of nitrogens with zero attached hydrogens (tertiary/aromatic N) is 3. The van der Waals surface area contributed by atoms with E-state index in [1.54, 1.807) is 4.90 Å². The third-order valence-electron chi connectivity index (χ3n) is 4.92. The summed E-state index contributed by atoms with van der Waals surface area (Å²) < 4.78 is 1.01. The summed E-state index contributed by atoms with van der Waals surface area (Å²) in [5.74, 6) is -1.19. The van der Waals surface area contributed by atoms with Crippen LogP contribution >= 0.6 is 11.6 Å². The second-order valence-electron chi connectivity index (χ2n) is 6.91. The smallest absolute Gasteiger partial charge is 0.270 e. The number of ketones is 1. The number of pyridine rings is 1. The molecule has 0 radical (unpaired) electrons. The van der Waals surface area contributed by atoms with Crippen LogP contribution in [-0.2, 0) is 4.79 Å². The number of benzene rings is 1. The van der Waals surface area contributed by atoms with Gasteiger partial charge in [0.25, 0.3) is 17.2 Å². The molecule has 0 aliphatic carbocycles. The topological polar surface area (TPSA) is 103 Å². The number of Topliss-reactive ketones (excluding diaryl/α,β-unsaturated/α-hetero) is 1. The van der Waals surface area contributed by atoms with Gasteiger partial charge < -0.3 is 4.90 Å². The molecule has 1 aliphatic rings. The number of carbonyl (C=O) groups excluding carboxylic acids is 2. The maximum Gasteiger partial charge on any atom is 0.270 e. The Morgan fingerprint density at radius 3 is 2.41 bits per heavy atom. The van der Waals surface area contributed by atoms with Gasteiger partial charge in [-0.3, -0.25) is 29.1 Å². The number of hydrogen-bond acceptors (Lipinski definition) is 5. The lowest BCUT2D eigenvalue weighted by Gasteiger charge is -2.26. The van der Waals surface area contributed by atoms with Crippen molar-refractivity contribution in [3.8, 4) is 0 Å². The maximum absolute atomic E-state index is 13.3. The predicted molar refractivity (Wildman–Crippen MR) is 107 cm³/mol. The van der Waals surface area contributed by atoms with E-state index >= 15 is 0 Å².